The number of carbonyl (C=O) groups is 1. The molecule has 156 valence electrons. The zero-order valence-electron chi connectivity index (χ0n) is 17.3. The molecule has 0 atom stereocenters. The molecule has 1 aliphatic rings. The van der Waals surface area contributed by atoms with E-state index in [1.807, 2.05) is 39.0 Å². The van der Waals surface area contributed by atoms with Gasteiger partial charge in [0.1, 0.15) is 18.0 Å². The highest BCUT2D eigenvalue weighted by Crippen LogP contribution is 2.26. The molecule has 0 unspecified atom stereocenters. The van der Waals surface area contributed by atoms with Crippen molar-refractivity contribution in [2.75, 3.05) is 12.8 Å². The minimum atomic E-state index is -3.20. The third kappa shape index (κ3) is 5.73. The van der Waals surface area contributed by atoms with Gasteiger partial charge < -0.3 is 14.4 Å². The number of hydrogen-bond donors (Lipinski definition) is 0. The topological polar surface area (TPSA) is 72.9 Å². The maximum absolute atomic E-state index is 12.3. The highest BCUT2D eigenvalue weighted by Gasteiger charge is 2.25. The molecule has 0 saturated carbocycles. The molecule has 0 fully saturated rings. The molecule has 1 heterocycles. The van der Waals surface area contributed by atoms with Crippen molar-refractivity contribution in [3.05, 3.63) is 59.2 Å². The van der Waals surface area contributed by atoms with E-state index in [1.165, 1.54) is 11.8 Å². The second-order valence-corrected chi connectivity index (χ2v) is 10.3. The molecule has 0 saturated heterocycles. The van der Waals surface area contributed by atoms with Crippen molar-refractivity contribution in [3.8, 4) is 5.75 Å². The lowest BCUT2D eigenvalue weighted by molar-refractivity contribution is 0.0223. The Morgan fingerprint density at radius 2 is 1.76 bits per heavy atom. The Kier molecular flexibility index (Phi) is 5.89. The molecule has 2 aromatic rings. The van der Waals surface area contributed by atoms with Gasteiger partial charge in [-0.3, -0.25) is 0 Å². The van der Waals surface area contributed by atoms with Crippen molar-refractivity contribution >= 4 is 15.9 Å². The van der Waals surface area contributed by atoms with Crippen molar-refractivity contribution in [2.24, 2.45) is 0 Å². The second-order valence-electron chi connectivity index (χ2n) is 8.29. The van der Waals surface area contributed by atoms with Gasteiger partial charge in [-0.05, 0) is 68.1 Å². The number of rotatable bonds is 4. The highest BCUT2D eigenvalue weighted by atomic mass is 32.2. The largest absolute Gasteiger partial charge is 0.489 e. The predicted molar refractivity (Wildman–Crippen MR) is 111 cm³/mol. The fourth-order valence-electron chi connectivity index (χ4n) is 3.11. The Balaban J connectivity index is 1.65. The number of nitrogens with zero attached hydrogens (tertiary/aromatic N) is 1. The molecule has 3 rings (SSSR count). The van der Waals surface area contributed by atoms with Crippen LogP contribution in [-0.2, 0) is 34.1 Å². The van der Waals surface area contributed by atoms with Crippen LogP contribution in [-0.4, -0.2) is 37.8 Å². The van der Waals surface area contributed by atoms with Crippen LogP contribution in [0.4, 0.5) is 4.79 Å². The smallest absolute Gasteiger partial charge is 0.410 e. The van der Waals surface area contributed by atoms with Crippen LogP contribution in [0, 0.1) is 0 Å². The summed E-state index contributed by atoms with van der Waals surface area (Å²) in [6.07, 6.45) is 1.66. The number of hydrogen-bond acceptors (Lipinski definition) is 5. The van der Waals surface area contributed by atoms with E-state index in [0.717, 1.165) is 17.5 Å². The van der Waals surface area contributed by atoms with Crippen LogP contribution in [0.3, 0.4) is 0 Å². The maximum atomic E-state index is 12.3. The van der Waals surface area contributed by atoms with Gasteiger partial charge in [0.05, 0.1) is 4.90 Å². The summed E-state index contributed by atoms with van der Waals surface area (Å²) >= 11 is 0. The molecule has 0 spiro atoms. The third-order valence-corrected chi connectivity index (χ3v) is 5.73. The van der Waals surface area contributed by atoms with Crippen LogP contribution < -0.4 is 4.74 Å². The van der Waals surface area contributed by atoms with Gasteiger partial charge in [0.2, 0.25) is 0 Å². The van der Waals surface area contributed by atoms with E-state index in [2.05, 4.69) is 0 Å². The Bertz CT molecular complexity index is 991. The van der Waals surface area contributed by atoms with E-state index in [9.17, 15) is 13.2 Å². The fraction of sp³-hybridized carbons (Fsp3) is 0.409. The van der Waals surface area contributed by atoms with Gasteiger partial charge in [0, 0.05) is 19.3 Å². The Morgan fingerprint density at radius 1 is 1.07 bits per heavy atom. The zero-order chi connectivity index (χ0) is 21.2. The molecule has 2 aromatic carbocycles. The van der Waals surface area contributed by atoms with Gasteiger partial charge >= 0.3 is 6.09 Å². The Hall–Kier alpha value is -2.54. The minimum absolute atomic E-state index is 0.289. The van der Waals surface area contributed by atoms with E-state index in [1.54, 1.807) is 29.2 Å². The Morgan fingerprint density at radius 3 is 2.38 bits per heavy atom. The van der Waals surface area contributed by atoms with Crippen molar-refractivity contribution in [1.82, 2.24) is 4.90 Å². The van der Waals surface area contributed by atoms with Crippen LogP contribution in [0.1, 0.15) is 37.5 Å². The third-order valence-electron chi connectivity index (χ3n) is 4.60. The lowest BCUT2D eigenvalue weighted by Crippen LogP contribution is -2.39. The lowest BCUT2D eigenvalue weighted by atomic mass is 10.00. The SMILES string of the molecule is CC(C)(C)OC(=O)N1CCc2ccc(OCc3ccc(S(C)(=O)=O)cc3)cc2C1. The lowest BCUT2D eigenvalue weighted by Gasteiger charge is -2.31. The van der Waals surface area contributed by atoms with Crippen LogP contribution in [0.2, 0.25) is 0 Å². The predicted octanol–water partition coefficient (Wildman–Crippen LogP) is 3.96. The summed E-state index contributed by atoms with van der Waals surface area (Å²) < 4.78 is 34.4. The average Bonchev–Trinajstić information content (AvgIpc) is 2.64. The van der Waals surface area contributed by atoms with Crippen LogP contribution in [0.5, 0.6) is 5.75 Å². The van der Waals surface area contributed by atoms with Gasteiger partial charge in [-0.15, -0.1) is 0 Å². The number of ether oxygens (including phenoxy) is 2. The van der Waals surface area contributed by atoms with Gasteiger partial charge in [-0.1, -0.05) is 18.2 Å². The molecular weight excluding hydrogens is 390 g/mol. The first kappa shape index (κ1) is 21.2. The summed E-state index contributed by atoms with van der Waals surface area (Å²) in [6.45, 7) is 7.03. The second kappa shape index (κ2) is 8.06. The van der Waals surface area contributed by atoms with E-state index in [0.29, 0.717) is 25.4 Å². The van der Waals surface area contributed by atoms with E-state index in [-0.39, 0.29) is 11.0 Å². The molecule has 1 aliphatic heterocycles. The van der Waals surface area contributed by atoms with E-state index < -0.39 is 15.4 Å². The molecule has 6 nitrogen and oxygen atoms in total. The first-order chi connectivity index (χ1) is 13.5. The average molecular weight is 418 g/mol. The number of sulfone groups is 1. The molecule has 1 amide bonds. The summed E-state index contributed by atoms with van der Waals surface area (Å²) in [5.41, 5.74) is 2.61. The monoisotopic (exact) mass is 417 g/mol. The first-order valence-electron chi connectivity index (χ1n) is 9.53. The number of benzene rings is 2. The van der Waals surface area contributed by atoms with Crippen molar-refractivity contribution in [1.29, 1.82) is 0 Å². The molecule has 0 aliphatic carbocycles. The molecular formula is C22H27NO5S. The molecule has 0 aromatic heterocycles. The number of carbonyl (C=O) groups excluding carboxylic acids is 1. The van der Waals surface area contributed by atoms with E-state index in [4.69, 9.17) is 9.47 Å². The van der Waals surface area contributed by atoms with Gasteiger partial charge in [-0.25, -0.2) is 13.2 Å². The van der Waals surface area contributed by atoms with Crippen molar-refractivity contribution < 1.29 is 22.7 Å². The molecule has 0 N–H and O–H groups in total. The van der Waals surface area contributed by atoms with Crippen LogP contribution >= 0.6 is 0 Å². The fourth-order valence-corrected chi connectivity index (χ4v) is 3.74. The van der Waals surface area contributed by atoms with Gasteiger partial charge in [0.15, 0.2) is 9.84 Å². The quantitative estimate of drug-likeness (QED) is 0.753. The van der Waals surface area contributed by atoms with E-state index >= 15 is 0 Å². The summed E-state index contributed by atoms with van der Waals surface area (Å²) in [7, 11) is -3.20. The highest BCUT2D eigenvalue weighted by molar-refractivity contribution is 7.90. The normalized spacial score (nSPS) is 14.3. The van der Waals surface area contributed by atoms with Crippen LogP contribution in [0.25, 0.3) is 0 Å². The molecule has 7 heteroatoms. The standard InChI is InChI=1S/C22H27NO5S/c1-22(2,3)28-21(24)23-12-11-17-7-8-19(13-18(17)14-23)27-15-16-5-9-20(10-6-16)29(4,25)26/h5-10,13H,11-12,14-15H2,1-4H3. The summed E-state index contributed by atoms with van der Waals surface area (Å²) in [4.78, 5) is 14.3. The summed E-state index contributed by atoms with van der Waals surface area (Å²) in [5, 5.41) is 0. The molecule has 0 bridgehead atoms. The van der Waals surface area contributed by atoms with Crippen molar-refractivity contribution in [3.63, 3.8) is 0 Å². The zero-order valence-corrected chi connectivity index (χ0v) is 18.1. The van der Waals surface area contributed by atoms with Crippen molar-refractivity contribution in [2.45, 2.75) is 50.8 Å². The summed E-state index contributed by atoms with van der Waals surface area (Å²) in [6, 6.07) is 12.6. The van der Waals surface area contributed by atoms with Gasteiger partial charge in [0.25, 0.3) is 0 Å². The first-order valence-corrected chi connectivity index (χ1v) is 11.4. The number of fused-ring (bicyclic) bond motifs is 1. The van der Waals surface area contributed by atoms with Gasteiger partial charge in [-0.2, -0.15) is 0 Å². The number of amides is 1. The summed E-state index contributed by atoms with van der Waals surface area (Å²) in [5.74, 6) is 0.710. The minimum Gasteiger partial charge on any atom is -0.489 e. The Labute approximate surface area is 172 Å². The molecule has 29 heavy (non-hydrogen) atoms. The maximum Gasteiger partial charge on any atom is 0.410 e. The van der Waals surface area contributed by atoms with Crippen LogP contribution in [0.15, 0.2) is 47.4 Å². The molecule has 0 radical (unpaired) electrons.